The van der Waals surface area contributed by atoms with Crippen LogP contribution in [-0.2, 0) is 19.6 Å². The summed E-state index contributed by atoms with van der Waals surface area (Å²) in [4.78, 5) is 11.6. The third-order valence-electron chi connectivity index (χ3n) is 2.51. The van der Waals surface area contributed by atoms with Crippen molar-refractivity contribution in [2.75, 3.05) is 20.3 Å². The molecule has 0 saturated carbocycles. The predicted molar refractivity (Wildman–Crippen MR) is 77.8 cm³/mol. The molecule has 1 aromatic carbocycles. The third-order valence-corrected chi connectivity index (χ3v) is 3.72. The molecule has 1 unspecified atom stereocenters. The number of methoxy groups -OCH3 is 1. The number of nitrogens with one attached hydrogen (secondary N) is 1. The van der Waals surface area contributed by atoms with Crippen molar-refractivity contribution in [2.45, 2.75) is 17.9 Å². The van der Waals surface area contributed by atoms with E-state index >= 15 is 0 Å². The van der Waals surface area contributed by atoms with Crippen LogP contribution in [0.1, 0.15) is 6.92 Å². The fraction of sp³-hybridized carbons (Fsp3) is 0.417. The Morgan fingerprint density at radius 2 is 2.14 bits per heavy atom. The number of ether oxygens (including phenoxy) is 2. The highest BCUT2D eigenvalue weighted by atomic mass is 35.5. The average Bonchev–Trinajstić information content (AvgIpc) is 2.39. The minimum absolute atomic E-state index is 0.0538. The number of hydrogen-bond acceptors (Lipinski definition) is 5. The van der Waals surface area contributed by atoms with Crippen molar-refractivity contribution in [3.05, 3.63) is 23.2 Å². The van der Waals surface area contributed by atoms with Gasteiger partial charge < -0.3 is 14.8 Å². The zero-order valence-electron chi connectivity index (χ0n) is 11.6. The Morgan fingerprint density at radius 1 is 1.48 bits per heavy atom. The smallest absolute Gasteiger partial charge is 0.260 e. The highest BCUT2D eigenvalue weighted by molar-refractivity contribution is 7.89. The van der Waals surface area contributed by atoms with Crippen molar-refractivity contribution in [3.63, 3.8) is 0 Å². The molecule has 0 aliphatic carbocycles. The molecule has 0 aromatic heterocycles. The summed E-state index contributed by atoms with van der Waals surface area (Å²) >= 11 is 5.91. The Kier molecular flexibility index (Phi) is 6.41. The van der Waals surface area contributed by atoms with Crippen LogP contribution < -0.4 is 15.2 Å². The van der Waals surface area contributed by atoms with Gasteiger partial charge in [-0.3, -0.25) is 4.79 Å². The maximum absolute atomic E-state index is 11.7. The molecule has 0 fully saturated rings. The highest BCUT2D eigenvalue weighted by Crippen LogP contribution is 2.27. The summed E-state index contributed by atoms with van der Waals surface area (Å²) in [5, 5.41) is 7.65. The maximum Gasteiger partial charge on any atom is 0.260 e. The number of carbonyl (C=O) groups excluding carboxylic acids is 1. The lowest BCUT2D eigenvalue weighted by molar-refractivity contribution is -0.127. The molecule has 0 radical (unpaired) electrons. The van der Waals surface area contributed by atoms with Gasteiger partial charge in [0.05, 0.1) is 16.5 Å². The highest BCUT2D eigenvalue weighted by Gasteiger charge is 2.17. The number of sulfonamides is 1. The number of nitrogens with two attached hydrogens (primary N) is 1. The largest absolute Gasteiger partial charge is 0.479 e. The number of primary sulfonamides is 1. The summed E-state index contributed by atoms with van der Waals surface area (Å²) in [5.74, 6) is -0.142. The van der Waals surface area contributed by atoms with Crippen LogP contribution in [0.3, 0.4) is 0 Å². The third kappa shape index (κ3) is 5.50. The monoisotopic (exact) mass is 336 g/mol. The van der Waals surface area contributed by atoms with E-state index in [-0.39, 0.29) is 21.6 Å². The molecule has 1 amide bonds. The lowest BCUT2D eigenvalue weighted by atomic mass is 10.3. The van der Waals surface area contributed by atoms with E-state index in [9.17, 15) is 13.2 Å². The fourth-order valence-electron chi connectivity index (χ4n) is 1.42. The first-order valence-corrected chi connectivity index (χ1v) is 7.93. The van der Waals surface area contributed by atoms with Crippen LogP contribution in [-0.4, -0.2) is 40.7 Å². The van der Waals surface area contributed by atoms with E-state index < -0.39 is 16.1 Å². The van der Waals surface area contributed by atoms with Gasteiger partial charge in [0.1, 0.15) is 5.75 Å². The summed E-state index contributed by atoms with van der Waals surface area (Å²) in [6, 6.07) is 3.77. The Bertz CT molecular complexity index is 606. The van der Waals surface area contributed by atoms with Crippen LogP contribution in [0.4, 0.5) is 0 Å². The number of halogens is 1. The summed E-state index contributed by atoms with van der Waals surface area (Å²) in [6.07, 6.45) is -0.792. The number of rotatable bonds is 7. The van der Waals surface area contributed by atoms with E-state index in [1.165, 1.54) is 25.3 Å². The number of hydrogen-bond donors (Lipinski definition) is 2. The van der Waals surface area contributed by atoms with Crippen LogP contribution in [0.15, 0.2) is 23.1 Å². The van der Waals surface area contributed by atoms with E-state index in [0.717, 1.165) is 0 Å². The quantitative estimate of drug-likeness (QED) is 0.706. The van der Waals surface area contributed by atoms with Gasteiger partial charge in [-0.15, -0.1) is 0 Å². The summed E-state index contributed by atoms with van der Waals surface area (Å²) in [6.45, 7) is 2.30. The summed E-state index contributed by atoms with van der Waals surface area (Å²) < 4.78 is 32.5. The van der Waals surface area contributed by atoms with Crippen LogP contribution in [0.25, 0.3) is 0 Å². The van der Waals surface area contributed by atoms with Gasteiger partial charge in [0.25, 0.3) is 5.91 Å². The van der Waals surface area contributed by atoms with Crippen molar-refractivity contribution in [1.29, 1.82) is 0 Å². The molecule has 3 N–H and O–H groups in total. The number of carbonyl (C=O) groups is 1. The topological polar surface area (TPSA) is 108 Å². The first-order valence-electron chi connectivity index (χ1n) is 6.01. The van der Waals surface area contributed by atoms with Crippen molar-refractivity contribution < 1.29 is 22.7 Å². The van der Waals surface area contributed by atoms with Gasteiger partial charge >= 0.3 is 0 Å². The number of benzene rings is 1. The lowest BCUT2D eigenvalue weighted by Gasteiger charge is -2.15. The normalized spacial score (nSPS) is 12.8. The molecule has 0 bridgehead atoms. The molecule has 1 atom stereocenters. The Morgan fingerprint density at radius 3 is 2.67 bits per heavy atom. The Labute approximate surface area is 128 Å². The zero-order chi connectivity index (χ0) is 16.0. The van der Waals surface area contributed by atoms with E-state index in [0.29, 0.717) is 13.2 Å². The molecule has 1 aromatic rings. The van der Waals surface area contributed by atoms with Crippen molar-refractivity contribution >= 4 is 27.5 Å². The van der Waals surface area contributed by atoms with Gasteiger partial charge in [-0.25, -0.2) is 13.6 Å². The van der Waals surface area contributed by atoms with Crippen molar-refractivity contribution in [2.24, 2.45) is 5.14 Å². The van der Waals surface area contributed by atoms with Gasteiger partial charge in [0, 0.05) is 13.7 Å². The Balaban J connectivity index is 2.73. The molecule has 1 rings (SSSR count). The lowest BCUT2D eigenvalue weighted by Crippen LogP contribution is -2.38. The molecule has 0 saturated heterocycles. The number of amides is 1. The van der Waals surface area contributed by atoms with E-state index in [1.807, 2.05) is 0 Å². The first-order chi connectivity index (χ1) is 9.75. The van der Waals surface area contributed by atoms with Crippen molar-refractivity contribution in [3.8, 4) is 5.75 Å². The molecule has 118 valence electrons. The second-order valence-corrected chi connectivity index (χ2v) is 6.15. The van der Waals surface area contributed by atoms with E-state index in [1.54, 1.807) is 6.92 Å². The van der Waals surface area contributed by atoms with E-state index in [4.69, 9.17) is 26.2 Å². The molecule has 21 heavy (non-hydrogen) atoms. The van der Waals surface area contributed by atoms with Crippen LogP contribution >= 0.6 is 11.6 Å². The van der Waals surface area contributed by atoms with Crippen molar-refractivity contribution in [1.82, 2.24) is 5.32 Å². The second-order valence-electron chi connectivity index (χ2n) is 4.18. The SMILES string of the molecule is COCCNC(=O)C(C)Oc1ccc(S(N)(=O)=O)cc1Cl. The molecule has 0 aliphatic heterocycles. The first kappa shape index (κ1) is 17.7. The second kappa shape index (κ2) is 7.60. The van der Waals surface area contributed by atoms with Gasteiger partial charge in [-0.1, -0.05) is 11.6 Å². The van der Waals surface area contributed by atoms with Crippen LogP contribution in [0.5, 0.6) is 5.75 Å². The Hall–Kier alpha value is -1.35. The minimum Gasteiger partial charge on any atom is -0.479 e. The van der Waals surface area contributed by atoms with Crippen LogP contribution in [0.2, 0.25) is 5.02 Å². The maximum atomic E-state index is 11.7. The molecule has 9 heteroatoms. The minimum atomic E-state index is -3.83. The zero-order valence-corrected chi connectivity index (χ0v) is 13.2. The molecule has 0 aliphatic rings. The molecule has 0 heterocycles. The van der Waals surface area contributed by atoms with Gasteiger partial charge in [0.15, 0.2) is 6.10 Å². The van der Waals surface area contributed by atoms with Gasteiger partial charge in [-0.2, -0.15) is 0 Å². The molecular weight excluding hydrogens is 320 g/mol. The molecular formula is C12H17ClN2O5S. The standard InChI is InChI=1S/C12H17ClN2O5S/c1-8(12(16)15-5-6-19-2)20-11-4-3-9(7-10(11)13)21(14,17)18/h3-4,7-8H,5-6H2,1-2H3,(H,15,16)(H2,14,17,18). The van der Waals surface area contributed by atoms with Crippen LogP contribution in [0, 0.1) is 0 Å². The molecule has 7 nitrogen and oxygen atoms in total. The summed E-state index contributed by atoms with van der Waals surface area (Å²) in [7, 11) is -2.31. The fourth-order valence-corrected chi connectivity index (χ4v) is 2.25. The van der Waals surface area contributed by atoms with Gasteiger partial charge in [0.2, 0.25) is 10.0 Å². The molecule has 0 spiro atoms. The van der Waals surface area contributed by atoms with E-state index in [2.05, 4.69) is 5.32 Å². The predicted octanol–water partition coefficient (Wildman–Crippen LogP) is 0.517. The average molecular weight is 337 g/mol. The summed E-state index contributed by atoms with van der Waals surface area (Å²) in [5.41, 5.74) is 0. The van der Waals surface area contributed by atoms with Gasteiger partial charge in [-0.05, 0) is 25.1 Å².